The number of rotatable bonds is 3. The van der Waals surface area contributed by atoms with Crippen molar-refractivity contribution in [2.75, 3.05) is 0 Å². The van der Waals surface area contributed by atoms with Crippen LogP contribution in [0, 0.1) is 0 Å². The van der Waals surface area contributed by atoms with Gasteiger partial charge in [0.05, 0.1) is 12.4 Å². The van der Waals surface area contributed by atoms with Crippen LogP contribution < -0.4 is 5.56 Å². The van der Waals surface area contributed by atoms with Gasteiger partial charge in [-0.05, 0) is 12.1 Å². The van der Waals surface area contributed by atoms with E-state index in [4.69, 9.17) is 0 Å². The first-order chi connectivity index (χ1) is 15.1. The zero-order valence-corrected chi connectivity index (χ0v) is 16.7. The molecule has 31 heavy (non-hydrogen) atoms. The monoisotopic (exact) mass is 412 g/mol. The molecule has 0 atom stereocenters. The van der Waals surface area contributed by atoms with Gasteiger partial charge >= 0.3 is 0 Å². The molecule has 0 saturated carbocycles. The quantitative estimate of drug-likeness (QED) is 0.434. The number of hydrogen-bond acceptors (Lipinski definition) is 6. The Kier molecular flexibility index (Phi) is 3.48. The van der Waals surface area contributed by atoms with E-state index in [0.717, 1.165) is 22.3 Å². The van der Waals surface area contributed by atoms with Crippen LogP contribution in [-0.4, -0.2) is 48.3 Å². The van der Waals surface area contributed by atoms with Crippen LogP contribution in [0.25, 0.3) is 39.1 Å². The maximum Gasteiger partial charge on any atom is 0.283 e. The molecule has 6 aromatic rings. The van der Waals surface area contributed by atoms with E-state index in [0.29, 0.717) is 16.9 Å². The minimum absolute atomic E-state index is 0.227. The van der Waals surface area contributed by atoms with Crippen molar-refractivity contribution in [3.05, 3.63) is 72.3 Å². The maximum absolute atomic E-state index is 13.3. The van der Waals surface area contributed by atoms with E-state index < -0.39 is 0 Å². The first-order valence-corrected chi connectivity index (χ1v) is 9.49. The van der Waals surface area contributed by atoms with Gasteiger partial charge in [0, 0.05) is 61.1 Å². The lowest BCUT2D eigenvalue weighted by Gasteiger charge is -2.05. The average molecular weight is 412 g/mol. The van der Waals surface area contributed by atoms with Gasteiger partial charge < -0.3 is 0 Å². The van der Waals surface area contributed by atoms with E-state index in [1.165, 1.54) is 17.2 Å². The molecule has 0 saturated heterocycles. The van der Waals surface area contributed by atoms with Crippen molar-refractivity contribution >= 4 is 11.0 Å². The average Bonchev–Trinajstić information content (AvgIpc) is 3.53. The summed E-state index contributed by atoms with van der Waals surface area (Å²) >= 11 is 0. The third-order valence-corrected chi connectivity index (χ3v) is 5.22. The number of fused-ring (bicyclic) bond motifs is 2. The molecule has 0 aliphatic carbocycles. The summed E-state index contributed by atoms with van der Waals surface area (Å²) in [4.78, 5) is 17.7. The molecule has 6 heterocycles. The van der Waals surface area contributed by atoms with Crippen LogP contribution >= 0.6 is 0 Å². The van der Waals surface area contributed by atoms with Crippen LogP contribution in [0.1, 0.15) is 0 Å². The van der Waals surface area contributed by atoms with E-state index in [9.17, 15) is 4.79 Å². The van der Waals surface area contributed by atoms with Crippen molar-refractivity contribution in [1.29, 1.82) is 0 Å². The molecule has 0 aromatic carbocycles. The highest BCUT2D eigenvalue weighted by atomic mass is 16.1. The van der Waals surface area contributed by atoms with Gasteiger partial charge in [-0.25, -0.2) is 18.6 Å². The Hall–Kier alpha value is -4.54. The Morgan fingerprint density at radius 1 is 0.710 bits per heavy atom. The fraction of sp³-hybridized carbons (Fsp3) is 0.100. The summed E-state index contributed by atoms with van der Waals surface area (Å²) in [7, 11) is 3.71. The lowest BCUT2D eigenvalue weighted by atomic mass is 10.2. The Morgan fingerprint density at radius 2 is 1.32 bits per heavy atom. The van der Waals surface area contributed by atoms with Gasteiger partial charge in [-0.15, -0.1) is 0 Å². The predicted molar refractivity (Wildman–Crippen MR) is 112 cm³/mol. The van der Waals surface area contributed by atoms with E-state index in [-0.39, 0.29) is 5.56 Å². The molecule has 6 rings (SSSR count). The van der Waals surface area contributed by atoms with E-state index >= 15 is 0 Å². The Labute approximate surface area is 174 Å². The number of aromatic nitrogens is 10. The number of nitrogens with zero attached hydrogens (tertiary/aromatic N) is 10. The molecule has 0 aliphatic heterocycles. The third-order valence-electron chi connectivity index (χ3n) is 5.22. The van der Waals surface area contributed by atoms with Gasteiger partial charge in [-0.2, -0.15) is 20.4 Å². The van der Waals surface area contributed by atoms with Crippen molar-refractivity contribution in [2.24, 2.45) is 14.1 Å². The van der Waals surface area contributed by atoms with Gasteiger partial charge in [-0.3, -0.25) is 14.2 Å². The highest BCUT2D eigenvalue weighted by molar-refractivity contribution is 5.74. The molecule has 6 aromatic heterocycles. The van der Waals surface area contributed by atoms with Crippen molar-refractivity contribution in [3.8, 4) is 28.1 Å². The molecule has 0 spiro atoms. The number of aryl methyl sites for hydroxylation is 2. The molecule has 11 nitrogen and oxygen atoms in total. The van der Waals surface area contributed by atoms with E-state index in [1.807, 2.05) is 44.9 Å². The lowest BCUT2D eigenvalue weighted by Crippen LogP contribution is -2.22. The summed E-state index contributed by atoms with van der Waals surface area (Å²) in [5.41, 5.74) is 4.56. The molecule has 0 amide bonds. The van der Waals surface area contributed by atoms with Gasteiger partial charge in [0.25, 0.3) is 5.56 Å². The van der Waals surface area contributed by atoms with Crippen LogP contribution in [0.4, 0.5) is 0 Å². The van der Waals surface area contributed by atoms with Crippen molar-refractivity contribution < 1.29 is 0 Å². The minimum atomic E-state index is -0.227. The third kappa shape index (κ3) is 2.67. The van der Waals surface area contributed by atoms with Crippen molar-refractivity contribution in [3.63, 3.8) is 0 Å². The van der Waals surface area contributed by atoms with E-state index in [1.54, 1.807) is 36.9 Å². The summed E-state index contributed by atoms with van der Waals surface area (Å²) < 4.78 is 8.15. The zero-order valence-electron chi connectivity index (χ0n) is 16.7. The summed E-state index contributed by atoms with van der Waals surface area (Å²) in [5, 5.41) is 17.1. The highest BCUT2D eigenvalue weighted by Gasteiger charge is 2.15. The lowest BCUT2D eigenvalue weighted by molar-refractivity contribution is 0.768. The Morgan fingerprint density at radius 3 is 1.94 bits per heavy atom. The van der Waals surface area contributed by atoms with Crippen LogP contribution in [0.3, 0.4) is 0 Å². The van der Waals surface area contributed by atoms with Gasteiger partial charge in [0.15, 0.2) is 5.82 Å². The SMILES string of the molecule is Cn1cc(-c2cc3c(-n4cnn5cc(-c6cnn(C)c6)cc5c4=O)ncnn3c2)cn1. The molecule has 152 valence electrons. The molecule has 0 radical (unpaired) electrons. The van der Waals surface area contributed by atoms with Crippen LogP contribution in [0.15, 0.2) is 66.8 Å². The fourth-order valence-corrected chi connectivity index (χ4v) is 3.70. The topological polar surface area (TPSA) is 105 Å². The zero-order chi connectivity index (χ0) is 21.1. The van der Waals surface area contributed by atoms with Gasteiger partial charge in [0.1, 0.15) is 23.7 Å². The molecular weight excluding hydrogens is 396 g/mol. The van der Waals surface area contributed by atoms with Crippen LogP contribution in [-0.2, 0) is 14.1 Å². The first-order valence-electron chi connectivity index (χ1n) is 9.49. The molecular formula is C20H16N10O. The summed E-state index contributed by atoms with van der Waals surface area (Å²) in [6.07, 6.45) is 13.9. The molecule has 0 bridgehead atoms. The maximum atomic E-state index is 13.3. The first kappa shape index (κ1) is 17.3. The molecule has 0 N–H and O–H groups in total. The summed E-state index contributed by atoms with van der Waals surface area (Å²) in [6.45, 7) is 0. The number of hydrogen-bond donors (Lipinski definition) is 0. The van der Waals surface area contributed by atoms with Gasteiger partial charge in [-0.1, -0.05) is 0 Å². The fourth-order valence-electron chi connectivity index (χ4n) is 3.70. The molecule has 11 heteroatoms. The molecule has 0 unspecified atom stereocenters. The smallest absolute Gasteiger partial charge is 0.275 e. The minimum Gasteiger partial charge on any atom is -0.275 e. The Balaban J connectivity index is 1.52. The van der Waals surface area contributed by atoms with Crippen LogP contribution in [0.5, 0.6) is 0 Å². The van der Waals surface area contributed by atoms with Crippen molar-refractivity contribution in [2.45, 2.75) is 0 Å². The standard InChI is InChI=1S/C20H16N10O/c1-26-7-15(5-22-26)13-3-17-19(21-11-24-29(17)9-13)28-12-25-30-10-14(4-18(30)20(28)31)16-6-23-27(2)8-16/h3-12H,1-2H3. The highest BCUT2D eigenvalue weighted by Crippen LogP contribution is 2.24. The van der Waals surface area contributed by atoms with Crippen LogP contribution in [0.2, 0.25) is 0 Å². The second-order valence-electron chi connectivity index (χ2n) is 7.31. The normalized spacial score (nSPS) is 11.7. The van der Waals surface area contributed by atoms with E-state index in [2.05, 4.69) is 25.4 Å². The van der Waals surface area contributed by atoms with Gasteiger partial charge in [0.2, 0.25) is 0 Å². The second kappa shape index (κ2) is 6.23. The molecule has 0 aliphatic rings. The van der Waals surface area contributed by atoms with Crippen molar-refractivity contribution in [1.82, 2.24) is 48.3 Å². The summed E-state index contributed by atoms with van der Waals surface area (Å²) in [6, 6.07) is 3.74. The molecule has 0 fully saturated rings. The predicted octanol–water partition coefficient (Wildman–Crippen LogP) is 1.33. The summed E-state index contributed by atoms with van der Waals surface area (Å²) in [5.74, 6) is 0.453. The second-order valence-corrected chi connectivity index (χ2v) is 7.31. The largest absolute Gasteiger partial charge is 0.283 e. The Bertz CT molecular complexity index is 1640.